The van der Waals surface area contributed by atoms with Crippen LogP contribution in [0.3, 0.4) is 0 Å². The van der Waals surface area contributed by atoms with Crippen LogP contribution in [-0.4, -0.2) is 37.1 Å². The lowest BCUT2D eigenvalue weighted by Crippen LogP contribution is -2.43. The van der Waals surface area contributed by atoms with Crippen LogP contribution in [0.2, 0.25) is 0 Å². The number of carbonyl (C=O) groups is 1. The second kappa shape index (κ2) is 6.17. The molecule has 20 heavy (non-hydrogen) atoms. The zero-order valence-corrected chi connectivity index (χ0v) is 11.3. The van der Waals surface area contributed by atoms with Gasteiger partial charge >= 0.3 is 6.61 Å². The summed E-state index contributed by atoms with van der Waals surface area (Å²) in [7, 11) is 1.65. The van der Waals surface area contributed by atoms with Crippen molar-refractivity contribution < 1.29 is 18.3 Å². The molecule has 1 fully saturated rings. The third-order valence-corrected chi connectivity index (χ3v) is 3.56. The van der Waals surface area contributed by atoms with Gasteiger partial charge in [0.25, 0.3) is 5.91 Å². The molecule has 1 atom stereocenters. The molecule has 1 aliphatic carbocycles. The number of likely N-dealkylation sites (N-methyl/N-ethyl adjacent to an activating group) is 1. The predicted octanol–water partition coefficient (Wildman–Crippen LogP) is 2.10. The lowest BCUT2D eigenvalue weighted by molar-refractivity contribution is -0.0503. The van der Waals surface area contributed by atoms with Crippen LogP contribution in [0, 0.1) is 5.92 Å². The van der Waals surface area contributed by atoms with Crippen molar-refractivity contribution in [3.63, 3.8) is 0 Å². The van der Waals surface area contributed by atoms with Crippen LogP contribution in [-0.2, 0) is 0 Å². The lowest BCUT2D eigenvalue weighted by atomic mass is 10.1. The molecule has 1 saturated carbocycles. The first-order valence-electron chi connectivity index (χ1n) is 6.55. The number of benzene rings is 1. The molecule has 1 aromatic rings. The van der Waals surface area contributed by atoms with Gasteiger partial charge in [0.15, 0.2) is 0 Å². The van der Waals surface area contributed by atoms with Crippen molar-refractivity contribution in [2.75, 3.05) is 13.6 Å². The molecule has 2 rings (SSSR count). The van der Waals surface area contributed by atoms with E-state index < -0.39 is 6.61 Å². The molecule has 1 amide bonds. The minimum Gasteiger partial charge on any atom is -0.434 e. The molecule has 1 unspecified atom stereocenters. The Bertz CT molecular complexity index is 478. The number of hydrogen-bond acceptors (Lipinski definition) is 3. The first-order valence-corrected chi connectivity index (χ1v) is 6.55. The number of nitrogens with zero attached hydrogens (tertiary/aromatic N) is 1. The van der Waals surface area contributed by atoms with Gasteiger partial charge in [0.05, 0.1) is 5.56 Å². The van der Waals surface area contributed by atoms with Crippen LogP contribution in [0.15, 0.2) is 24.3 Å². The number of alkyl halides is 2. The van der Waals surface area contributed by atoms with E-state index in [1.165, 1.54) is 17.0 Å². The number of halogens is 2. The quantitative estimate of drug-likeness (QED) is 0.870. The molecule has 0 heterocycles. The topological polar surface area (TPSA) is 55.6 Å². The van der Waals surface area contributed by atoms with Gasteiger partial charge in [-0.3, -0.25) is 4.79 Å². The molecule has 0 aliphatic heterocycles. The van der Waals surface area contributed by atoms with Gasteiger partial charge < -0.3 is 15.4 Å². The Balaban J connectivity index is 2.19. The third kappa shape index (κ3) is 3.25. The van der Waals surface area contributed by atoms with Crippen molar-refractivity contribution in [1.82, 2.24) is 4.90 Å². The molecule has 0 spiro atoms. The summed E-state index contributed by atoms with van der Waals surface area (Å²) < 4.78 is 29.1. The van der Waals surface area contributed by atoms with Crippen molar-refractivity contribution in [2.24, 2.45) is 11.7 Å². The maximum absolute atomic E-state index is 12.4. The van der Waals surface area contributed by atoms with Gasteiger partial charge in [-0.05, 0) is 30.9 Å². The molecule has 2 N–H and O–H groups in total. The highest BCUT2D eigenvalue weighted by atomic mass is 19.3. The highest BCUT2D eigenvalue weighted by molar-refractivity contribution is 5.97. The van der Waals surface area contributed by atoms with E-state index in [1.54, 1.807) is 19.2 Å². The van der Waals surface area contributed by atoms with E-state index in [-0.39, 0.29) is 23.3 Å². The third-order valence-electron chi connectivity index (χ3n) is 3.56. The number of rotatable bonds is 6. The zero-order chi connectivity index (χ0) is 14.7. The maximum Gasteiger partial charge on any atom is 0.387 e. The summed E-state index contributed by atoms with van der Waals surface area (Å²) in [5.74, 6) is -0.0355. The number of amides is 1. The van der Waals surface area contributed by atoms with Crippen LogP contribution in [0.4, 0.5) is 8.78 Å². The van der Waals surface area contributed by atoms with E-state index >= 15 is 0 Å². The summed E-state index contributed by atoms with van der Waals surface area (Å²) in [6, 6.07) is 5.96. The van der Waals surface area contributed by atoms with Gasteiger partial charge in [0.1, 0.15) is 5.75 Å². The first kappa shape index (κ1) is 14.7. The van der Waals surface area contributed by atoms with E-state index in [9.17, 15) is 13.6 Å². The van der Waals surface area contributed by atoms with Crippen molar-refractivity contribution >= 4 is 5.91 Å². The number of hydrogen-bond donors (Lipinski definition) is 1. The van der Waals surface area contributed by atoms with Gasteiger partial charge in [-0.2, -0.15) is 8.78 Å². The van der Waals surface area contributed by atoms with E-state index in [0.29, 0.717) is 12.5 Å². The molecule has 1 aromatic carbocycles. The van der Waals surface area contributed by atoms with Crippen molar-refractivity contribution in [3.05, 3.63) is 29.8 Å². The van der Waals surface area contributed by atoms with Crippen molar-refractivity contribution in [1.29, 1.82) is 0 Å². The van der Waals surface area contributed by atoms with Gasteiger partial charge in [-0.1, -0.05) is 12.1 Å². The Kier molecular flexibility index (Phi) is 4.54. The molecule has 110 valence electrons. The molecular formula is C14H18F2N2O2. The summed E-state index contributed by atoms with van der Waals surface area (Å²) in [6.07, 6.45) is 2.10. The summed E-state index contributed by atoms with van der Waals surface area (Å²) in [4.78, 5) is 14.0. The van der Waals surface area contributed by atoms with E-state index in [2.05, 4.69) is 4.74 Å². The molecule has 0 radical (unpaired) electrons. The second-order valence-corrected chi connectivity index (χ2v) is 4.93. The Morgan fingerprint density at radius 1 is 1.45 bits per heavy atom. The molecule has 6 heteroatoms. The highest BCUT2D eigenvalue weighted by Crippen LogP contribution is 2.35. The van der Waals surface area contributed by atoms with Gasteiger partial charge in [-0.15, -0.1) is 0 Å². The summed E-state index contributed by atoms with van der Waals surface area (Å²) in [6.45, 7) is -2.59. The summed E-state index contributed by atoms with van der Waals surface area (Å²) >= 11 is 0. The van der Waals surface area contributed by atoms with Crippen molar-refractivity contribution in [3.8, 4) is 5.75 Å². The van der Waals surface area contributed by atoms with Crippen molar-refractivity contribution in [2.45, 2.75) is 25.5 Å². The molecule has 0 bridgehead atoms. The van der Waals surface area contributed by atoms with E-state index in [4.69, 9.17) is 5.73 Å². The highest BCUT2D eigenvalue weighted by Gasteiger charge is 2.35. The number of carbonyl (C=O) groups excluding carboxylic acids is 1. The fourth-order valence-electron chi connectivity index (χ4n) is 2.33. The SMILES string of the molecule is CN(C(=O)c1ccccc1OC(F)F)C(CN)C1CC1. The fourth-order valence-corrected chi connectivity index (χ4v) is 2.33. The minimum absolute atomic E-state index is 0.0536. The van der Waals surface area contributed by atoms with E-state index in [0.717, 1.165) is 12.8 Å². The lowest BCUT2D eigenvalue weighted by Gasteiger charge is -2.27. The maximum atomic E-state index is 12.4. The number of para-hydroxylation sites is 1. The van der Waals surface area contributed by atoms with Gasteiger partial charge in [0.2, 0.25) is 0 Å². The monoisotopic (exact) mass is 284 g/mol. The second-order valence-electron chi connectivity index (χ2n) is 4.93. The normalized spacial score (nSPS) is 16.1. The standard InChI is InChI=1S/C14H18F2N2O2/c1-18(11(8-17)9-6-7-9)13(19)10-4-2-3-5-12(10)20-14(15)16/h2-5,9,11,14H,6-8,17H2,1H3. The van der Waals surface area contributed by atoms with Crippen LogP contribution < -0.4 is 10.5 Å². The number of nitrogens with two attached hydrogens (primary N) is 1. The van der Waals surface area contributed by atoms with E-state index in [1.807, 2.05) is 0 Å². The Morgan fingerprint density at radius 3 is 2.65 bits per heavy atom. The smallest absolute Gasteiger partial charge is 0.387 e. The molecule has 0 aromatic heterocycles. The zero-order valence-electron chi connectivity index (χ0n) is 11.3. The summed E-state index contributed by atoms with van der Waals surface area (Å²) in [5.41, 5.74) is 5.84. The van der Waals surface area contributed by atoms with Crippen LogP contribution in [0.5, 0.6) is 5.75 Å². The Hall–Kier alpha value is -1.69. The van der Waals surface area contributed by atoms with Crippen LogP contribution in [0.25, 0.3) is 0 Å². The summed E-state index contributed by atoms with van der Waals surface area (Å²) in [5, 5.41) is 0. The Labute approximate surface area is 116 Å². The average Bonchev–Trinajstić information content (AvgIpc) is 3.23. The van der Waals surface area contributed by atoms with Crippen LogP contribution >= 0.6 is 0 Å². The van der Waals surface area contributed by atoms with Gasteiger partial charge in [0, 0.05) is 19.6 Å². The molecule has 0 saturated heterocycles. The predicted molar refractivity (Wildman–Crippen MR) is 70.7 cm³/mol. The molecule has 4 nitrogen and oxygen atoms in total. The first-order chi connectivity index (χ1) is 9.54. The Morgan fingerprint density at radius 2 is 2.10 bits per heavy atom. The largest absolute Gasteiger partial charge is 0.434 e. The molecule has 1 aliphatic rings. The number of ether oxygens (including phenoxy) is 1. The van der Waals surface area contributed by atoms with Gasteiger partial charge in [-0.25, -0.2) is 0 Å². The minimum atomic E-state index is -2.96. The average molecular weight is 284 g/mol. The van der Waals surface area contributed by atoms with Crippen LogP contribution in [0.1, 0.15) is 23.2 Å². The molecular weight excluding hydrogens is 266 g/mol. The fraction of sp³-hybridized carbons (Fsp3) is 0.500.